The fourth-order valence-electron chi connectivity index (χ4n) is 2.58. The molecule has 0 saturated carbocycles. The molecule has 7 nitrogen and oxygen atoms in total. The summed E-state index contributed by atoms with van der Waals surface area (Å²) >= 11 is 0. The van der Waals surface area contributed by atoms with Gasteiger partial charge in [0.1, 0.15) is 11.7 Å². The molecular weight excluding hydrogens is 260 g/mol. The van der Waals surface area contributed by atoms with E-state index in [0.717, 1.165) is 11.1 Å². The Bertz CT molecular complexity index is 680. The van der Waals surface area contributed by atoms with Crippen LogP contribution in [0.1, 0.15) is 22.9 Å². The first-order valence-corrected chi connectivity index (χ1v) is 6.24. The molecule has 0 amide bonds. The molecule has 0 fully saturated rings. The number of hydrogen-bond acceptors (Lipinski definition) is 5. The third-order valence-corrected chi connectivity index (χ3v) is 3.52. The van der Waals surface area contributed by atoms with Crippen molar-refractivity contribution in [1.82, 2.24) is 9.78 Å². The highest BCUT2D eigenvalue weighted by Crippen LogP contribution is 2.33. The number of benzene rings is 1. The molecule has 2 aromatic rings. The van der Waals surface area contributed by atoms with Gasteiger partial charge in [-0.3, -0.25) is 10.1 Å². The van der Waals surface area contributed by atoms with Crippen molar-refractivity contribution in [3.05, 3.63) is 51.2 Å². The van der Waals surface area contributed by atoms with Gasteiger partial charge in [-0.25, -0.2) is 4.68 Å². The predicted molar refractivity (Wildman–Crippen MR) is 72.3 cm³/mol. The van der Waals surface area contributed by atoms with E-state index < -0.39 is 4.92 Å². The van der Waals surface area contributed by atoms with Crippen LogP contribution >= 0.6 is 0 Å². The van der Waals surface area contributed by atoms with Crippen LogP contribution in [-0.4, -0.2) is 21.3 Å². The Morgan fingerprint density at radius 2 is 2.25 bits per heavy atom. The summed E-state index contributed by atoms with van der Waals surface area (Å²) in [6.07, 6.45) is 0. The second kappa shape index (κ2) is 4.61. The molecule has 1 aromatic heterocycles. The van der Waals surface area contributed by atoms with Gasteiger partial charge in [0, 0.05) is 0 Å². The molecule has 20 heavy (non-hydrogen) atoms. The van der Waals surface area contributed by atoms with Crippen LogP contribution < -0.4 is 5.73 Å². The summed E-state index contributed by atoms with van der Waals surface area (Å²) < 4.78 is 7.03. The van der Waals surface area contributed by atoms with Crippen LogP contribution in [0.25, 0.3) is 0 Å². The van der Waals surface area contributed by atoms with Crippen LogP contribution in [0.4, 0.5) is 11.5 Å². The number of anilines is 1. The lowest BCUT2D eigenvalue weighted by molar-refractivity contribution is -0.384. The maximum atomic E-state index is 11.0. The van der Waals surface area contributed by atoms with E-state index in [2.05, 4.69) is 5.10 Å². The first-order valence-electron chi connectivity index (χ1n) is 6.24. The van der Waals surface area contributed by atoms with E-state index in [4.69, 9.17) is 10.5 Å². The molecule has 2 heterocycles. The minimum absolute atomic E-state index is 0.0674. The van der Waals surface area contributed by atoms with Gasteiger partial charge in [0.25, 0.3) is 0 Å². The Morgan fingerprint density at radius 1 is 1.50 bits per heavy atom. The zero-order chi connectivity index (χ0) is 14.3. The molecule has 2 N–H and O–H groups in total. The Balaban J connectivity index is 2.12. The van der Waals surface area contributed by atoms with E-state index in [9.17, 15) is 10.1 Å². The molecule has 1 aromatic carbocycles. The minimum Gasteiger partial charge on any atom is -0.378 e. The van der Waals surface area contributed by atoms with Crippen LogP contribution in [0.3, 0.4) is 0 Å². The van der Waals surface area contributed by atoms with Crippen molar-refractivity contribution in [2.45, 2.75) is 19.6 Å². The molecule has 0 aliphatic carbocycles. The lowest BCUT2D eigenvalue weighted by atomic mass is 9.99. The number of nitrogens with zero attached hydrogens (tertiary/aromatic N) is 3. The van der Waals surface area contributed by atoms with Crippen molar-refractivity contribution in [3.8, 4) is 0 Å². The monoisotopic (exact) mass is 274 g/mol. The van der Waals surface area contributed by atoms with Gasteiger partial charge < -0.3 is 10.5 Å². The molecule has 104 valence electrons. The van der Waals surface area contributed by atoms with Gasteiger partial charge in [-0.2, -0.15) is 5.10 Å². The number of aromatic nitrogens is 2. The number of nitrogens with two attached hydrogens (primary N) is 1. The van der Waals surface area contributed by atoms with Crippen LogP contribution in [0.15, 0.2) is 24.3 Å². The predicted octanol–water partition coefficient (Wildman–Crippen LogP) is 1.80. The number of aryl methyl sites for hydroxylation is 1. The van der Waals surface area contributed by atoms with Crippen LogP contribution in [0, 0.1) is 17.0 Å². The maximum Gasteiger partial charge on any atom is 0.333 e. The standard InChI is InChI=1S/C13H14N4O3/c1-8-12(17(18)19)13(14)16(15-8)11-7-20-6-9-4-2-3-5-10(9)11/h2-5,11H,6-7,14H2,1H3. The number of fused-ring (bicyclic) bond motifs is 1. The van der Waals surface area contributed by atoms with E-state index in [-0.39, 0.29) is 17.5 Å². The van der Waals surface area contributed by atoms with Crippen molar-refractivity contribution in [2.24, 2.45) is 0 Å². The highest BCUT2D eigenvalue weighted by Gasteiger charge is 2.30. The summed E-state index contributed by atoms with van der Waals surface area (Å²) in [5.74, 6) is 0.0674. The molecule has 0 spiro atoms. The van der Waals surface area contributed by atoms with Crippen molar-refractivity contribution < 1.29 is 9.66 Å². The minimum atomic E-state index is -0.496. The lowest BCUT2D eigenvalue weighted by Crippen LogP contribution is -2.25. The third-order valence-electron chi connectivity index (χ3n) is 3.52. The summed E-state index contributed by atoms with van der Waals surface area (Å²) in [5, 5.41) is 15.2. The van der Waals surface area contributed by atoms with Crippen LogP contribution in [0.5, 0.6) is 0 Å². The molecule has 0 radical (unpaired) electrons. The summed E-state index contributed by atoms with van der Waals surface area (Å²) in [6.45, 7) is 2.52. The Morgan fingerprint density at radius 3 is 2.95 bits per heavy atom. The van der Waals surface area contributed by atoms with Gasteiger partial charge in [0.05, 0.1) is 18.1 Å². The van der Waals surface area contributed by atoms with Crippen LogP contribution in [-0.2, 0) is 11.3 Å². The SMILES string of the molecule is Cc1nn(C2COCc3ccccc32)c(N)c1[N+](=O)[O-]. The van der Waals surface area contributed by atoms with Crippen LogP contribution in [0.2, 0.25) is 0 Å². The smallest absolute Gasteiger partial charge is 0.333 e. The molecule has 7 heteroatoms. The summed E-state index contributed by atoms with van der Waals surface area (Å²) in [4.78, 5) is 10.5. The molecule has 0 saturated heterocycles. The van der Waals surface area contributed by atoms with Gasteiger partial charge in [0.15, 0.2) is 0 Å². The van der Waals surface area contributed by atoms with Gasteiger partial charge in [-0.1, -0.05) is 24.3 Å². The van der Waals surface area contributed by atoms with Crippen molar-refractivity contribution in [1.29, 1.82) is 0 Å². The van der Waals surface area contributed by atoms with Crippen molar-refractivity contribution in [2.75, 3.05) is 12.3 Å². The quantitative estimate of drug-likeness (QED) is 0.665. The van der Waals surface area contributed by atoms with E-state index >= 15 is 0 Å². The zero-order valence-electron chi connectivity index (χ0n) is 10.9. The second-order valence-electron chi connectivity index (χ2n) is 4.75. The fourth-order valence-corrected chi connectivity index (χ4v) is 2.58. The van der Waals surface area contributed by atoms with Gasteiger partial charge >= 0.3 is 5.69 Å². The van der Waals surface area contributed by atoms with E-state index in [1.54, 1.807) is 6.92 Å². The number of nitrogen functional groups attached to an aromatic ring is 1. The first-order chi connectivity index (χ1) is 9.59. The average molecular weight is 274 g/mol. The van der Waals surface area contributed by atoms with E-state index in [0.29, 0.717) is 18.9 Å². The average Bonchev–Trinajstić information content (AvgIpc) is 2.73. The van der Waals surface area contributed by atoms with E-state index in [1.165, 1.54) is 4.68 Å². The molecule has 1 aliphatic heterocycles. The zero-order valence-corrected chi connectivity index (χ0v) is 10.9. The number of hydrogen-bond donors (Lipinski definition) is 1. The lowest BCUT2D eigenvalue weighted by Gasteiger charge is -2.26. The Hall–Kier alpha value is -2.41. The van der Waals surface area contributed by atoms with Crippen molar-refractivity contribution in [3.63, 3.8) is 0 Å². The number of rotatable bonds is 2. The molecular formula is C13H14N4O3. The second-order valence-corrected chi connectivity index (χ2v) is 4.75. The normalized spacial score (nSPS) is 17.8. The van der Waals surface area contributed by atoms with E-state index in [1.807, 2.05) is 24.3 Å². The third kappa shape index (κ3) is 1.83. The summed E-state index contributed by atoms with van der Waals surface area (Å²) in [7, 11) is 0. The first kappa shape index (κ1) is 12.6. The highest BCUT2D eigenvalue weighted by molar-refractivity contribution is 5.57. The molecule has 3 rings (SSSR count). The van der Waals surface area contributed by atoms with Crippen molar-refractivity contribution >= 4 is 11.5 Å². The topological polar surface area (TPSA) is 96.2 Å². The van der Waals surface area contributed by atoms with Gasteiger partial charge in [-0.15, -0.1) is 0 Å². The van der Waals surface area contributed by atoms with Gasteiger partial charge in [0.2, 0.25) is 5.82 Å². The molecule has 1 atom stereocenters. The Labute approximate surface area is 115 Å². The largest absolute Gasteiger partial charge is 0.378 e. The number of ether oxygens (including phenoxy) is 1. The Kier molecular flexibility index (Phi) is 2.90. The molecule has 0 bridgehead atoms. The maximum absolute atomic E-state index is 11.0. The number of nitro groups is 1. The fraction of sp³-hybridized carbons (Fsp3) is 0.308. The summed E-state index contributed by atoms with van der Waals surface area (Å²) in [5.41, 5.74) is 8.18. The van der Waals surface area contributed by atoms with Gasteiger partial charge in [-0.05, 0) is 18.1 Å². The highest BCUT2D eigenvalue weighted by atomic mass is 16.6. The summed E-state index contributed by atoms with van der Waals surface area (Å²) in [6, 6.07) is 7.59. The molecule has 1 aliphatic rings. The molecule has 1 unspecified atom stereocenters.